The van der Waals surface area contributed by atoms with Gasteiger partial charge in [-0.1, -0.05) is 42.5 Å². The van der Waals surface area contributed by atoms with Crippen LogP contribution in [0.15, 0.2) is 48.5 Å². The van der Waals surface area contributed by atoms with Crippen molar-refractivity contribution in [2.45, 2.75) is 32.9 Å². The van der Waals surface area contributed by atoms with Gasteiger partial charge >= 0.3 is 0 Å². The molecule has 0 spiro atoms. The average Bonchev–Trinajstić information content (AvgIpc) is 2.54. The van der Waals surface area contributed by atoms with Crippen LogP contribution in [0.1, 0.15) is 30.0 Å². The molecule has 1 amide bonds. The van der Waals surface area contributed by atoms with Gasteiger partial charge in [0.2, 0.25) is 5.91 Å². The van der Waals surface area contributed by atoms with E-state index in [1.807, 2.05) is 0 Å². The minimum absolute atomic E-state index is 0.0171. The Kier molecular flexibility index (Phi) is 4.42. The van der Waals surface area contributed by atoms with Crippen molar-refractivity contribution in [3.05, 3.63) is 65.2 Å². The zero-order chi connectivity index (χ0) is 15.4. The fourth-order valence-corrected chi connectivity index (χ4v) is 3.03. The van der Waals surface area contributed by atoms with E-state index in [9.17, 15) is 4.79 Å². The first-order valence-electron chi connectivity index (χ1n) is 7.87. The van der Waals surface area contributed by atoms with Gasteiger partial charge in [0.1, 0.15) is 0 Å². The highest BCUT2D eigenvalue weighted by molar-refractivity contribution is 5.72. The SMILES string of the molecule is CC(=O)NCc1ccc2c(c1)CCCN2Cc1ccccc1. The summed E-state index contributed by atoms with van der Waals surface area (Å²) in [6.45, 7) is 4.23. The summed E-state index contributed by atoms with van der Waals surface area (Å²) in [6.07, 6.45) is 2.30. The van der Waals surface area contributed by atoms with Gasteiger partial charge in [0, 0.05) is 32.2 Å². The lowest BCUT2D eigenvalue weighted by Gasteiger charge is -2.32. The molecule has 0 aromatic heterocycles. The second kappa shape index (κ2) is 6.65. The topological polar surface area (TPSA) is 32.3 Å². The molecule has 1 heterocycles. The van der Waals surface area contributed by atoms with Crippen molar-refractivity contribution in [3.63, 3.8) is 0 Å². The van der Waals surface area contributed by atoms with Crippen LogP contribution in [0.2, 0.25) is 0 Å². The molecule has 3 heteroatoms. The molecule has 0 radical (unpaired) electrons. The smallest absolute Gasteiger partial charge is 0.217 e. The molecule has 0 unspecified atom stereocenters. The lowest BCUT2D eigenvalue weighted by molar-refractivity contribution is -0.119. The second-order valence-electron chi connectivity index (χ2n) is 5.88. The molecular weight excluding hydrogens is 272 g/mol. The summed E-state index contributed by atoms with van der Waals surface area (Å²) in [5, 5.41) is 2.87. The minimum Gasteiger partial charge on any atom is -0.367 e. The fourth-order valence-electron chi connectivity index (χ4n) is 3.03. The first-order valence-corrected chi connectivity index (χ1v) is 7.87. The van der Waals surface area contributed by atoms with Crippen molar-refractivity contribution < 1.29 is 4.79 Å². The molecule has 1 aliphatic heterocycles. The molecule has 0 atom stereocenters. The van der Waals surface area contributed by atoms with E-state index in [1.165, 1.54) is 28.8 Å². The van der Waals surface area contributed by atoms with Gasteiger partial charge in [0.15, 0.2) is 0 Å². The number of carbonyl (C=O) groups is 1. The quantitative estimate of drug-likeness (QED) is 0.938. The number of benzene rings is 2. The van der Waals surface area contributed by atoms with Gasteiger partial charge < -0.3 is 10.2 Å². The molecule has 3 nitrogen and oxygen atoms in total. The number of hydrogen-bond donors (Lipinski definition) is 1. The highest BCUT2D eigenvalue weighted by Gasteiger charge is 2.17. The second-order valence-corrected chi connectivity index (χ2v) is 5.88. The van der Waals surface area contributed by atoms with Crippen LogP contribution in [-0.2, 0) is 24.3 Å². The van der Waals surface area contributed by atoms with E-state index in [4.69, 9.17) is 0 Å². The van der Waals surface area contributed by atoms with E-state index in [0.29, 0.717) is 6.54 Å². The monoisotopic (exact) mass is 294 g/mol. The zero-order valence-electron chi connectivity index (χ0n) is 13.0. The highest BCUT2D eigenvalue weighted by Crippen LogP contribution is 2.29. The molecule has 2 aromatic carbocycles. The molecule has 22 heavy (non-hydrogen) atoms. The standard InChI is InChI=1S/C19H22N2O/c1-15(22)20-13-17-9-10-19-18(12-17)8-5-11-21(19)14-16-6-3-2-4-7-16/h2-4,6-7,9-10,12H,5,8,11,13-14H2,1H3,(H,20,22). The van der Waals surface area contributed by atoms with Crippen LogP contribution < -0.4 is 10.2 Å². The van der Waals surface area contributed by atoms with Gasteiger partial charge in [-0.25, -0.2) is 0 Å². The van der Waals surface area contributed by atoms with E-state index in [-0.39, 0.29) is 5.91 Å². The van der Waals surface area contributed by atoms with E-state index in [1.54, 1.807) is 6.92 Å². The zero-order valence-corrected chi connectivity index (χ0v) is 13.0. The number of carbonyl (C=O) groups excluding carboxylic acids is 1. The van der Waals surface area contributed by atoms with Crippen LogP contribution in [0.25, 0.3) is 0 Å². The van der Waals surface area contributed by atoms with Crippen LogP contribution in [0.4, 0.5) is 5.69 Å². The lowest BCUT2D eigenvalue weighted by atomic mass is 9.98. The number of fused-ring (bicyclic) bond motifs is 1. The third-order valence-electron chi connectivity index (χ3n) is 4.12. The number of aryl methyl sites for hydroxylation is 1. The van der Waals surface area contributed by atoms with Crippen LogP contribution >= 0.6 is 0 Å². The number of amides is 1. The van der Waals surface area contributed by atoms with Gasteiger partial charge in [0.25, 0.3) is 0 Å². The number of hydrogen-bond acceptors (Lipinski definition) is 2. The van der Waals surface area contributed by atoms with E-state index < -0.39 is 0 Å². The Morgan fingerprint density at radius 2 is 1.95 bits per heavy atom. The molecule has 114 valence electrons. The Bertz CT molecular complexity index is 652. The lowest BCUT2D eigenvalue weighted by Crippen LogP contribution is -2.29. The van der Waals surface area contributed by atoms with Gasteiger partial charge in [-0.2, -0.15) is 0 Å². The fraction of sp³-hybridized carbons (Fsp3) is 0.316. The third-order valence-corrected chi connectivity index (χ3v) is 4.12. The average molecular weight is 294 g/mol. The number of nitrogens with zero attached hydrogens (tertiary/aromatic N) is 1. The molecule has 0 saturated heterocycles. The summed E-state index contributed by atoms with van der Waals surface area (Å²) in [5.41, 5.74) is 5.25. The summed E-state index contributed by atoms with van der Waals surface area (Å²) in [5.74, 6) is 0.0171. The Balaban J connectivity index is 1.77. The van der Waals surface area contributed by atoms with Gasteiger partial charge in [-0.05, 0) is 35.6 Å². The van der Waals surface area contributed by atoms with Crippen molar-refractivity contribution in [1.82, 2.24) is 5.32 Å². The van der Waals surface area contributed by atoms with E-state index >= 15 is 0 Å². The minimum atomic E-state index is 0.0171. The third kappa shape index (κ3) is 3.48. The summed E-state index contributed by atoms with van der Waals surface area (Å²) < 4.78 is 0. The molecule has 0 fully saturated rings. The van der Waals surface area contributed by atoms with Crippen LogP contribution in [0, 0.1) is 0 Å². The molecule has 0 aliphatic carbocycles. The summed E-state index contributed by atoms with van der Waals surface area (Å²) in [6, 6.07) is 17.2. The van der Waals surface area contributed by atoms with Gasteiger partial charge in [0.05, 0.1) is 0 Å². The first-order chi connectivity index (χ1) is 10.7. The molecule has 0 saturated carbocycles. The first kappa shape index (κ1) is 14.6. The van der Waals surface area contributed by atoms with E-state index in [2.05, 4.69) is 58.7 Å². The number of nitrogens with one attached hydrogen (secondary N) is 1. The van der Waals surface area contributed by atoms with Crippen molar-refractivity contribution in [2.24, 2.45) is 0 Å². The van der Waals surface area contributed by atoms with Crippen LogP contribution in [-0.4, -0.2) is 12.5 Å². The maximum absolute atomic E-state index is 11.0. The van der Waals surface area contributed by atoms with Crippen LogP contribution in [0.3, 0.4) is 0 Å². The van der Waals surface area contributed by atoms with Gasteiger partial charge in [-0.15, -0.1) is 0 Å². The summed E-state index contributed by atoms with van der Waals surface area (Å²) in [4.78, 5) is 13.5. The molecule has 1 N–H and O–H groups in total. The normalized spacial score (nSPS) is 13.6. The highest BCUT2D eigenvalue weighted by atomic mass is 16.1. The molecule has 0 bridgehead atoms. The van der Waals surface area contributed by atoms with Crippen molar-refractivity contribution in [3.8, 4) is 0 Å². The summed E-state index contributed by atoms with van der Waals surface area (Å²) >= 11 is 0. The van der Waals surface area contributed by atoms with Gasteiger partial charge in [-0.3, -0.25) is 4.79 Å². The molecule has 2 aromatic rings. The molecule has 3 rings (SSSR count). The largest absolute Gasteiger partial charge is 0.367 e. The Labute approximate surface area is 132 Å². The Morgan fingerprint density at radius 1 is 1.14 bits per heavy atom. The van der Waals surface area contributed by atoms with Crippen LogP contribution in [0.5, 0.6) is 0 Å². The number of anilines is 1. The molecular formula is C19H22N2O. The van der Waals surface area contributed by atoms with E-state index in [0.717, 1.165) is 19.5 Å². The van der Waals surface area contributed by atoms with Crippen molar-refractivity contribution >= 4 is 11.6 Å². The maximum atomic E-state index is 11.0. The predicted molar refractivity (Wildman–Crippen MR) is 89.8 cm³/mol. The Hall–Kier alpha value is -2.29. The Morgan fingerprint density at radius 3 is 2.73 bits per heavy atom. The number of rotatable bonds is 4. The predicted octanol–water partition coefficient (Wildman–Crippen LogP) is 3.28. The van der Waals surface area contributed by atoms with Crippen molar-refractivity contribution in [1.29, 1.82) is 0 Å². The summed E-state index contributed by atoms with van der Waals surface area (Å²) in [7, 11) is 0. The van der Waals surface area contributed by atoms with Crippen molar-refractivity contribution in [2.75, 3.05) is 11.4 Å². The maximum Gasteiger partial charge on any atom is 0.217 e. The molecule has 1 aliphatic rings.